The maximum absolute atomic E-state index is 5.74. The first-order valence-corrected chi connectivity index (χ1v) is 19.7. The van der Waals surface area contributed by atoms with E-state index < -0.39 is 0 Å². The van der Waals surface area contributed by atoms with E-state index in [0.717, 1.165) is 63.5 Å². The quantitative estimate of drug-likeness (QED) is 0.183. The van der Waals surface area contributed by atoms with Crippen LogP contribution in [0.15, 0.2) is 119 Å². The number of allylic oxidation sites excluding steroid dienone is 6. The monoisotopic (exact) mass is 668 g/mol. The van der Waals surface area contributed by atoms with Gasteiger partial charge in [-0.1, -0.05) is 124 Å². The lowest BCUT2D eigenvalue weighted by Gasteiger charge is -2.32. The Morgan fingerprint density at radius 3 is 2.41 bits per heavy atom. The molecule has 2 nitrogen and oxygen atoms in total. The van der Waals surface area contributed by atoms with Crippen LogP contribution in [0.3, 0.4) is 0 Å². The zero-order valence-electron chi connectivity index (χ0n) is 30.7. The standard InChI is InChI=1S/C49H52N2/c1-4-34-16-14-18-36(5-2)47-44(31-34)49-46(43-22-7-6-12-30-50-48(43)47)33(3)15-13-23-45(51-49)37-27-24-35(25-28-37)26-29-39-32-38-17-8-9-19-40(38)42-21-11-10-20-41(39)42/h6,8-14,17-21,23-25,27-28,30,33-34,36,39H,4-5,7,15-16,22,26,29,31-32H2,1-3H3/b12-6-,18-14-,23-13+,50-30-,51-45+. The van der Waals surface area contributed by atoms with Crippen molar-refractivity contribution in [2.45, 2.75) is 103 Å². The molecule has 4 aromatic rings. The summed E-state index contributed by atoms with van der Waals surface area (Å²) < 4.78 is 0. The van der Waals surface area contributed by atoms with Crippen LogP contribution in [0, 0.1) is 5.92 Å². The molecule has 0 amide bonds. The summed E-state index contributed by atoms with van der Waals surface area (Å²) in [6.45, 7) is 7.09. The molecule has 2 heterocycles. The summed E-state index contributed by atoms with van der Waals surface area (Å²) >= 11 is 0. The lowest BCUT2D eigenvalue weighted by molar-refractivity contribution is 0.505. The van der Waals surface area contributed by atoms with Gasteiger partial charge in [0.25, 0.3) is 0 Å². The van der Waals surface area contributed by atoms with E-state index in [0.29, 0.717) is 23.7 Å². The van der Waals surface area contributed by atoms with Crippen molar-refractivity contribution < 1.29 is 0 Å². The number of hydrogen-bond donors (Lipinski definition) is 0. The van der Waals surface area contributed by atoms with Crippen LogP contribution in [0.4, 0.5) is 11.4 Å². The second-order valence-electron chi connectivity index (χ2n) is 15.3. The fourth-order valence-corrected chi connectivity index (χ4v) is 9.28. The first kappa shape index (κ1) is 33.6. The third-order valence-electron chi connectivity index (χ3n) is 12.1. The van der Waals surface area contributed by atoms with Crippen molar-refractivity contribution >= 4 is 23.3 Å². The number of aryl methyl sites for hydroxylation is 1. The van der Waals surface area contributed by atoms with E-state index in [1.807, 2.05) is 6.21 Å². The van der Waals surface area contributed by atoms with Gasteiger partial charge in [0.05, 0.1) is 17.1 Å². The minimum Gasteiger partial charge on any atom is -0.256 e. The predicted molar refractivity (Wildman–Crippen MR) is 218 cm³/mol. The van der Waals surface area contributed by atoms with Crippen LogP contribution in [0.1, 0.15) is 122 Å². The Morgan fingerprint density at radius 1 is 0.745 bits per heavy atom. The Morgan fingerprint density at radius 2 is 1.57 bits per heavy atom. The molecule has 4 aliphatic rings. The topological polar surface area (TPSA) is 24.7 Å². The Balaban J connectivity index is 1.16. The SMILES string of the molecule is CCC1C/C=C\C(CC)c2c(c3c(c4c2/N=C\C=C/CC4)C(C)C/C=C/C(c2ccc(CCC4Cc5ccccc5-c5ccccc54)cc2)=N\3)C1. The third kappa shape index (κ3) is 6.66. The van der Waals surface area contributed by atoms with Crippen LogP contribution in [0.2, 0.25) is 0 Å². The molecule has 0 aromatic heterocycles. The molecule has 0 bridgehead atoms. The highest BCUT2D eigenvalue weighted by molar-refractivity contribution is 6.10. The van der Waals surface area contributed by atoms with Crippen LogP contribution in [0.5, 0.6) is 0 Å². The minimum atomic E-state index is 0.358. The van der Waals surface area contributed by atoms with E-state index in [1.165, 1.54) is 73.4 Å². The number of nitrogens with zero attached hydrogens (tertiary/aromatic N) is 2. The Labute approximate surface area is 305 Å². The first-order chi connectivity index (χ1) is 25.1. The molecule has 258 valence electrons. The highest BCUT2D eigenvalue weighted by Gasteiger charge is 2.31. The van der Waals surface area contributed by atoms with Gasteiger partial charge in [-0.2, -0.15) is 0 Å². The molecule has 2 heteroatoms. The molecule has 4 aromatic carbocycles. The van der Waals surface area contributed by atoms with Gasteiger partial charge >= 0.3 is 0 Å². The molecule has 0 fully saturated rings. The van der Waals surface area contributed by atoms with Crippen LogP contribution in [-0.4, -0.2) is 11.9 Å². The molecule has 2 aliphatic heterocycles. The number of rotatable bonds is 6. The molecule has 4 unspecified atom stereocenters. The highest BCUT2D eigenvalue weighted by atomic mass is 14.8. The molecule has 51 heavy (non-hydrogen) atoms. The summed E-state index contributed by atoms with van der Waals surface area (Å²) in [5, 5.41) is 0. The van der Waals surface area contributed by atoms with E-state index in [-0.39, 0.29) is 0 Å². The van der Waals surface area contributed by atoms with Crippen molar-refractivity contribution in [2.24, 2.45) is 15.9 Å². The molecule has 0 radical (unpaired) electrons. The number of benzene rings is 4. The summed E-state index contributed by atoms with van der Waals surface area (Å²) in [7, 11) is 0. The summed E-state index contributed by atoms with van der Waals surface area (Å²) in [6.07, 6.45) is 26.9. The van der Waals surface area contributed by atoms with Crippen LogP contribution in [0.25, 0.3) is 11.1 Å². The third-order valence-corrected chi connectivity index (χ3v) is 12.1. The fraction of sp³-hybridized carbons (Fsp3) is 0.347. The summed E-state index contributed by atoms with van der Waals surface area (Å²) in [5.41, 5.74) is 17.8. The lowest BCUT2D eigenvalue weighted by atomic mass is 9.75. The van der Waals surface area contributed by atoms with Gasteiger partial charge in [-0.25, -0.2) is 4.99 Å². The van der Waals surface area contributed by atoms with E-state index in [9.17, 15) is 0 Å². The largest absolute Gasteiger partial charge is 0.256 e. The smallest absolute Gasteiger partial charge is 0.0711 e. The van der Waals surface area contributed by atoms with E-state index in [2.05, 4.69) is 130 Å². The molecule has 0 spiro atoms. The maximum Gasteiger partial charge on any atom is 0.0711 e. The molecule has 8 rings (SSSR count). The van der Waals surface area contributed by atoms with Crippen molar-refractivity contribution in [3.63, 3.8) is 0 Å². The molecular formula is C49H52N2. The van der Waals surface area contributed by atoms with Crippen molar-refractivity contribution in [3.05, 3.63) is 154 Å². The summed E-state index contributed by atoms with van der Waals surface area (Å²) in [5.74, 6) is 1.90. The molecule has 2 aliphatic carbocycles. The van der Waals surface area contributed by atoms with Gasteiger partial charge in [-0.05, 0) is 138 Å². The van der Waals surface area contributed by atoms with Gasteiger partial charge in [0.2, 0.25) is 0 Å². The van der Waals surface area contributed by atoms with E-state index >= 15 is 0 Å². The van der Waals surface area contributed by atoms with E-state index in [4.69, 9.17) is 9.98 Å². The van der Waals surface area contributed by atoms with Crippen molar-refractivity contribution in [2.75, 3.05) is 0 Å². The molecule has 0 N–H and O–H groups in total. The second-order valence-corrected chi connectivity index (χ2v) is 15.3. The Kier molecular flexibility index (Phi) is 9.85. The Hall–Kier alpha value is -4.56. The van der Waals surface area contributed by atoms with Gasteiger partial charge in [0, 0.05) is 17.7 Å². The molecular weight excluding hydrogens is 617 g/mol. The van der Waals surface area contributed by atoms with Crippen molar-refractivity contribution in [1.82, 2.24) is 0 Å². The highest BCUT2D eigenvalue weighted by Crippen LogP contribution is 2.50. The lowest BCUT2D eigenvalue weighted by Crippen LogP contribution is -2.15. The van der Waals surface area contributed by atoms with Gasteiger partial charge in [0.15, 0.2) is 0 Å². The normalized spacial score (nSPS) is 25.6. The molecule has 0 saturated carbocycles. The Bertz CT molecular complexity index is 2050. The van der Waals surface area contributed by atoms with Crippen molar-refractivity contribution in [3.8, 4) is 11.1 Å². The predicted octanol–water partition coefficient (Wildman–Crippen LogP) is 13.0. The zero-order valence-corrected chi connectivity index (χ0v) is 30.7. The number of fused-ring (bicyclic) bond motifs is 9. The van der Waals surface area contributed by atoms with Crippen LogP contribution >= 0.6 is 0 Å². The van der Waals surface area contributed by atoms with Crippen LogP contribution in [-0.2, 0) is 25.7 Å². The maximum atomic E-state index is 5.74. The van der Waals surface area contributed by atoms with Crippen molar-refractivity contribution in [1.29, 1.82) is 0 Å². The van der Waals surface area contributed by atoms with Gasteiger partial charge in [0.1, 0.15) is 0 Å². The molecule has 4 atom stereocenters. The molecule has 0 saturated heterocycles. The van der Waals surface area contributed by atoms with Crippen LogP contribution < -0.4 is 0 Å². The number of hydrogen-bond acceptors (Lipinski definition) is 2. The summed E-state index contributed by atoms with van der Waals surface area (Å²) in [4.78, 5) is 11.0. The fourth-order valence-electron chi connectivity index (χ4n) is 9.28. The number of aliphatic imine (C=N–C) groups is 2. The van der Waals surface area contributed by atoms with Gasteiger partial charge < -0.3 is 0 Å². The van der Waals surface area contributed by atoms with Gasteiger partial charge in [-0.3, -0.25) is 4.99 Å². The average molecular weight is 669 g/mol. The van der Waals surface area contributed by atoms with E-state index in [1.54, 1.807) is 0 Å². The zero-order chi connectivity index (χ0) is 34.7. The summed E-state index contributed by atoms with van der Waals surface area (Å²) in [6, 6.07) is 27.4. The average Bonchev–Trinajstić information content (AvgIpc) is 3.14. The minimum absolute atomic E-state index is 0.358. The first-order valence-electron chi connectivity index (χ1n) is 19.7. The second kappa shape index (κ2) is 15.0. The van der Waals surface area contributed by atoms with Gasteiger partial charge in [-0.15, -0.1) is 0 Å².